The van der Waals surface area contributed by atoms with E-state index in [0.29, 0.717) is 5.56 Å². The quantitative estimate of drug-likeness (QED) is 0.870. The lowest BCUT2D eigenvalue weighted by Gasteiger charge is -2.37. The van der Waals surface area contributed by atoms with Crippen LogP contribution in [-0.4, -0.2) is 18.0 Å². The molecule has 1 saturated heterocycles. The minimum Gasteiger partial charge on any atom is -0.299 e. The van der Waals surface area contributed by atoms with Gasteiger partial charge in [0.25, 0.3) is 0 Å². The predicted octanol–water partition coefficient (Wildman–Crippen LogP) is 3.62. The summed E-state index contributed by atoms with van der Waals surface area (Å²) >= 11 is 0. The van der Waals surface area contributed by atoms with Gasteiger partial charge in [0.15, 0.2) is 0 Å². The molecule has 3 rings (SSSR count). The second-order valence-corrected chi connectivity index (χ2v) is 6.14. The third-order valence-electron chi connectivity index (χ3n) is 4.74. The van der Waals surface area contributed by atoms with Crippen LogP contribution in [0.5, 0.6) is 0 Å². The first-order valence-corrected chi connectivity index (χ1v) is 7.94. The van der Waals surface area contributed by atoms with Gasteiger partial charge >= 0.3 is 0 Å². The van der Waals surface area contributed by atoms with E-state index < -0.39 is 0 Å². The third-order valence-corrected chi connectivity index (χ3v) is 4.74. The van der Waals surface area contributed by atoms with Gasteiger partial charge in [0.1, 0.15) is 0 Å². The number of likely N-dealkylation sites (tertiary alicyclic amines) is 1. The predicted molar refractivity (Wildman–Crippen MR) is 89.4 cm³/mol. The number of nitrogens with zero attached hydrogens (tertiary/aromatic N) is 3. The van der Waals surface area contributed by atoms with Crippen molar-refractivity contribution in [2.45, 2.75) is 24.8 Å². The Labute approximate surface area is 137 Å². The number of hydrogen-bond acceptors (Lipinski definition) is 3. The van der Waals surface area contributed by atoms with Gasteiger partial charge in [-0.25, -0.2) is 0 Å². The van der Waals surface area contributed by atoms with Crippen LogP contribution in [0.4, 0.5) is 0 Å². The molecule has 0 bridgehead atoms. The normalized spacial score (nSPS) is 17.1. The molecule has 3 nitrogen and oxygen atoms in total. The topological polar surface area (TPSA) is 50.8 Å². The van der Waals surface area contributed by atoms with Crippen LogP contribution in [0.1, 0.15) is 29.5 Å². The highest BCUT2D eigenvalue weighted by molar-refractivity contribution is 5.34. The molecule has 0 spiro atoms. The molecule has 2 aromatic carbocycles. The summed E-state index contributed by atoms with van der Waals surface area (Å²) in [6.07, 6.45) is 1.73. The van der Waals surface area contributed by atoms with Crippen molar-refractivity contribution in [1.82, 2.24) is 4.90 Å². The molecular formula is C20H19N3. The minimum atomic E-state index is -0.345. The smallest absolute Gasteiger partial charge is 0.0991 e. The molecule has 1 fully saturated rings. The second-order valence-electron chi connectivity index (χ2n) is 6.14. The van der Waals surface area contributed by atoms with Crippen molar-refractivity contribution in [1.29, 1.82) is 10.5 Å². The molecule has 0 radical (unpaired) electrons. The molecular weight excluding hydrogens is 282 g/mol. The van der Waals surface area contributed by atoms with Crippen molar-refractivity contribution in [3.63, 3.8) is 0 Å². The largest absolute Gasteiger partial charge is 0.299 e. The first-order chi connectivity index (χ1) is 11.3. The summed E-state index contributed by atoms with van der Waals surface area (Å²) in [4.78, 5) is 2.39. The van der Waals surface area contributed by atoms with Crippen molar-refractivity contribution >= 4 is 0 Å². The van der Waals surface area contributed by atoms with Crippen molar-refractivity contribution in [2.75, 3.05) is 13.1 Å². The van der Waals surface area contributed by atoms with E-state index in [-0.39, 0.29) is 5.41 Å². The molecule has 0 aromatic heterocycles. The Morgan fingerprint density at radius 3 is 2.13 bits per heavy atom. The van der Waals surface area contributed by atoms with Gasteiger partial charge in [-0.3, -0.25) is 4.90 Å². The van der Waals surface area contributed by atoms with E-state index in [1.54, 1.807) is 0 Å². The Morgan fingerprint density at radius 2 is 1.57 bits per heavy atom. The second kappa shape index (κ2) is 6.65. The summed E-state index contributed by atoms with van der Waals surface area (Å²) in [5.41, 5.74) is 2.70. The lowest BCUT2D eigenvalue weighted by Crippen LogP contribution is -2.41. The molecule has 1 heterocycles. The van der Waals surface area contributed by atoms with Crippen molar-refractivity contribution in [3.8, 4) is 12.1 Å². The molecule has 0 amide bonds. The maximum absolute atomic E-state index is 9.73. The molecule has 23 heavy (non-hydrogen) atoms. The van der Waals surface area contributed by atoms with Crippen LogP contribution in [0.3, 0.4) is 0 Å². The fourth-order valence-corrected chi connectivity index (χ4v) is 3.26. The lowest BCUT2D eigenvalue weighted by atomic mass is 9.74. The maximum Gasteiger partial charge on any atom is 0.0991 e. The van der Waals surface area contributed by atoms with E-state index in [9.17, 15) is 5.26 Å². The number of hydrogen-bond donors (Lipinski definition) is 0. The Hall–Kier alpha value is -2.62. The van der Waals surface area contributed by atoms with E-state index in [0.717, 1.165) is 38.0 Å². The van der Waals surface area contributed by atoms with Crippen LogP contribution in [0.15, 0.2) is 54.6 Å². The Kier molecular flexibility index (Phi) is 4.42. The van der Waals surface area contributed by atoms with Crippen molar-refractivity contribution < 1.29 is 0 Å². The minimum absolute atomic E-state index is 0.345. The highest BCUT2D eigenvalue weighted by atomic mass is 15.1. The zero-order valence-electron chi connectivity index (χ0n) is 13.1. The standard InChI is InChI=1S/C20H19N3/c21-14-17-6-8-18(9-7-17)15-23-12-10-20(16-22,11-13-23)19-4-2-1-3-5-19/h1-9H,10-13,15H2. The third kappa shape index (κ3) is 3.26. The summed E-state index contributed by atoms with van der Waals surface area (Å²) in [5, 5.41) is 18.6. The van der Waals surface area contributed by atoms with Crippen LogP contribution < -0.4 is 0 Å². The SMILES string of the molecule is N#Cc1ccc(CN2CCC(C#N)(c3ccccc3)CC2)cc1. The molecule has 2 aromatic rings. The van der Waals surface area contributed by atoms with Gasteiger partial charge in [-0.15, -0.1) is 0 Å². The van der Waals surface area contributed by atoms with Gasteiger partial charge in [-0.1, -0.05) is 42.5 Å². The number of nitriles is 2. The van der Waals surface area contributed by atoms with Gasteiger partial charge < -0.3 is 0 Å². The zero-order valence-corrected chi connectivity index (χ0v) is 13.1. The number of rotatable bonds is 3. The van der Waals surface area contributed by atoms with E-state index >= 15 is 0 Å². The molecule has 1 aliphatic heterocycles. The Bertz CT molecular complexity index is 727. The molecule has 114 valence electrons. The Balaban J connectivity index is 1.66. The van der Waals surface area contributed by atoms with Gasteiger partial charge in [0.2, 0.25) is 0 Å². The summed E-state index contributed by atoms with van der Waals surface area (Å²) < 4.78 is 0. The van der Waals surface area contributed by atoms with Gasteiger partial charge in [-0.05, 0) is 36.1 Å². The molecule has 1 aliphatic rings. The average molecular weight is 301 g/mol. The van der Waals surface area contributed by atoms with Crippen molar-refractivity contribution in [2.24, 2.45) is 0 Å². The summed E-state index contributed by atoms with van der Waals surface area (Å²) in [5.74, 6) is 0. The van der Waals surface area contributed by atoms with Crippen LogP contribution >= 0.6 is 0 Å². The molecule has 3 heteroatoms. The fraction of sp³-hybridized carbons (Fsp3) is 0.300. The molecule has 0 N–H and O–H groups in total. The van der Waals surface area contributed by atoms with Crippen LogP contribution in [0, 0.1) is 22.7 Å². The van der Waals surface area contributed by atoms with Crippen molar-refractivity contribution in [3.05, 3.63) is 71.3 Å². The van der Waals surface area contributed by atoms with E-state index in [1.165, 1.54) is 5.56 Å². The van der Waals surface area contributed by atoms with Crippen LogP contribution in [-0.2, 0) is 12.0 Å². The van der Waals surface area contributed by atoms with E-state index in [1.807, 2.05) is 42.5 Å². The highest BCUT2D eigenvalue weighted by Crippen LogP contribution is 2.35. The van der Waals surface area contributed by atoms with Gasteiger partial charge in [0.05, 0.1) is 23.1 Å². The maximum atomic E-state index is 9.73. The van der Waals surface area contributed by atoms with Gasteiger partial charge in [0, 0.05) is 19.6 Å². The monoisotopic (exact) mass is 301 g/mol. The first kappa shape index (κ1) is 15.3. The molecule has 0 unspecified atom stereocenters. The first-order valence-electron chi connectivity index (χ1n) is 7.94. The summed E-state index contributed by atoms with van der Waals surface area (Å²) in [6.45, 7) is 2.72. The fourth-order valence-electron chi connectivity index (χ4n) is 3.26. The van der Waals surface area contributed by atoms with Crippen LogP contribution in [0.2, 0.25) is 0 Å². The molecule has 0 aliphatic carbocycles. The zero-order chi connectivity index (χ0) is 16.1. The number of piperidine rings is 1. The van der Waals surface area contributed by atoms with Gasteiger partial charge in [-0.2, -0.15) is 10.5 Å². The summed E-state index contributed by atoms with van der Waals surface area (Å²) in [7, 11) is 0. The number of benzene rings is 2. The van der Waals surface area contributed by atoms with E-state index in [2.05, 4.69) is 29.2 Å². The summed E-state index contributed by atoms with van der Waals surface area (Å²) in [6, 6.07) is 22.6. The highest BCUT2D eigenvalue weighted by Gasteiger charge is 2.36. The Morgan fingerprint density at radius 1 is 0.913 bits per heavy atom. The average Bonchev–Trinajstić information content (AvgIpc) is 2.64. The molecule has 0 saturated carbocycles. The lowest BCUT2D eigenvalue weighted by molar-refractivity contribution is 0.179. The van der Waals surface area contributed by atoms with E-state index in [4.69, 9.17) is 5.26 Å². The molecule has 0 atom stereocenters. The van der Waals surface area contributed by atoms with Crippen LogP contribution in [0.25, 0.3) is 0 Å².